The standard InChI is InChI=1S/C30H38N6O8/c1-43-23-5-3-21(4-6-23)19-32-24(17-26(37)34-13-11-33(12-14-34)22-7-9-31-10-8-22)29(41)36-16-15-35(20-27(38)39)30(42)25(36)18-28(40)44-2/h3-10,24-25,32H,11-20H2,1-2H3,(H,38,39)/t24-,25+/m0/s1. The zero-order valence-corrected chi connectivity index (χ0v) is 24.9. The molecule has 1 aromatic heterocycles. The van der Waals surface area contributed by atoms with Gasteiger partial charge in [-0.2, -0.15) is 0 Å². The predicted molar refractivity (Wildman–Crippen MR) is 158 cm³/mol. The summed E-state index contributed by atoms with van der Waals surface area (Å²) in [5, 5.41) is 12.4. The lowest BCUT2D eigenvalue weighted by molar-refractivity contribution is -0.160. The fraction of sp³-hybridized carbons (Fsp3) is 0.467. The summed E-state index contributed by atoms with van der Waals surface area (Å²) in [5.41, 5.74) is 1.86. The summed E-state index contributed by atoms with van der Waals surface area (Å²) in [7, 11) is 2.73. The molecule has 2 aliphatic rings. The highest BCUT2D eigenvalue weighted by molar-refractivity contribution is 5.96. The first-order valence-corrected chi connectivity index (χ1v) is 14.4. The highest BCUT2D eigenvalue weighted by Crippen LogP contribution is 2.20. The molecule has 0 bridgehead atoms. The Kier molecular flexibility index (Phi) is 11.1. The monoisotopic (exact) mass is 610 g/mol. The quantitative estimate of drug-likeness (QED) is 0.311. The van der Waals surface area contributed by atoms with Crippen molar-refractivity contribution in [1.29, 1.82) is 0 Å². The molecule has 14 heteroatoms. The van der Waals surface area contributed by atoms with Gasteiger partial charge in [-0.15, -0.1) is 0 Å². The van der Waals surface area contributed by atoms with Gasteiger partial charge in [-0.25, -0.2) is 0 Å². The van der Waals surface area contributed by atoms with E-state index in [9.17, 15) is 29.1 Å². The molecular formula is C30H38N6O8. The smallest absolute Gasteiger partial charge is 0.323 e. The Labute approximate surface area is 255 Å². The number of carboxylic acids is 1. The minimum atomic E-state index is -1.26. The van der Waals surface area contributed by atoms with E-state index >= 15 is 0 Å². The largest absolute Gasteiger partial charge is 0.497 e. The number of piperazine rings is 2. The molecule has 14 nitrogen and oxygen atoms in total. The molecule has 0 radical (unpaired) electrons. The number of methoxy groups -OCH3 is 2. The van der Waals surface area contributed by atoms with E-state index in [1.165, 1.54) is 12.0 Å². The number of nitrogens with one attached hydrogen (secondary N) is 1. The first kappa shape index (κ1) is 32.2. The maximum absolute atomic E-state index is 14.0. The molecule has 0 spiro atoms. The predicted octanol–water partition coefficient (Wildman–Crippen LogP) is -0.0256. The van der Waals surface area contributed by atoms with Gasteiger partial charge in [0.25, 0.3) is 0 Å². The number of rotatable bonds is 12. The molecular weight excluding hydrogens is 572 g/mol. The topological polar surface area (TPSA) is 162 Å². The lowest BCUT2D eigenvalue weighted by Gasteiger charge is -2.41. The molecule has 3 heterocycles. The van der Waals surface area contributed by atoms with E-state index in [4.69, 9.17) is 9.47 Å². The van der Waals surface area contributed by atoms with Crippen molar-refractivity contribution in [3.8, 4) is 5.75 Å². The minimum Gasteiger partial charge on any atom is -0.497 e. The lowest BCUT2D eigenvalue weighted by Crippen LogP contribution is -2.63. The summed E-state index contributed by atoms with van der Waals surface area (Å²) in [6.45, 7) is 1.85. The Hall–Kier alpha value is -4.72. The van der Waals surface area contributed by atoms with Crippen molar-refractivity contribution in [3.63, 3.8) is 0 Å². The molecule has 44 heavy (non-hydrogen) atoms. The molecule has 2 aromatic rings. The molecule has 1 aromatic carbocycles. The van der Waals surface area contributed by atoms with Gasteiger partial charge in [0.2, 0.25) is 17.7 Å². The maximum Gasteiger partial charge on any atom is 0.323 e. The van der Waals surface area contributed by atoms with Crippen LogP contribution in [0, 0.1) is 0 Å². The zero-order chi connectivity index (χ0) is 31.6. The number of carboxylic acid groups (broad SMARTS) is 1. The Balaban J connectivity index is 1.50. The number of carbonyl (C=O) groups excluding carboxylic acids is 4. The second-order valence-corrected chi connectivity index (χ2v) is 10.5. The fourth-order valence-electron chi connectivity index (χ4n) is 5.37. The van der Waals surface area contributed by atoms with Crippen molar-refractivity contribution in [2.24, 2.45) is 0 Å². The van der Waals surface area contributed by atoms with Crippen LogP contribution in [0.15, 0.2) is 48.8 Å². The molecule has 2 N–H and O–H groups in total. The second kappa shape index (κ2) is 15.1. The summed E-state index contributed by atoms with van der Waals surface area (Å²) in [6, 6.07) is 8.80. The van der Waals surface area contributed by atoms with Crippen LogP contribution in [-0.2, 0) is 35.3 Å². The average Bonchev–Trinajstić information content (AvgIpc) is 3.05. The molecule has 2 saturated heterocycles. The van der Waals surface area contributed by atoms with Crippen molar-refractivity contribution < 1.29 is 38.6 Å². The highest BCUT2D eigenvalue weighted by atomic mass is 16.5. The van der Waals surface area contributed by atoms with E-state index in [1.807, 2.05) is 24.3 Å². The number of aromatic nitrogens is 1. The van der Waals surface area contributed by atoms with Gasteiger partial charge < -0.3 is 39.5 Å². The van der Waals surface area contributed by atoms with Crippen molar-refractivity contribution >= 4 is 35.3 Å². The highest BCUT2D eigenvalue weighted by Gasteiger charge is 2.42. The van der Waals surface area contributed by atoms with Gasteiger partial charge in [-0.05, 0) is 29.8 Å². The SMILES string of the molecule is COC(=O)C[C@@H]1C(=O)N(CC(=O)O)CCN1C(=O)[C@H](CC(=O)N1CCN(c2ccncc2)CC1)NCc1ccc(OC)cc1. The molecule has 0 aliphatic carbocycles. The van der Waals surface area contributed by atoms with Crippen molar-refractivity contribution in [3.05, 3.63) is 54.4 Å². The van der Waals surface area contributed by atoms with E-state index in [0.717, 1.165) is 16.2 Å². The van der Waals surface area contributed by atoms with Crippen LogP contribution in [0.3, 0.4) is 0 Å². The molecule has 2 aliphatic heterocycles. The van der Waals surface area contributed by atoms with E-state index < -0.39 is 48.8 Å². The fourth-order valence-corrected chi connectivity index (χ4v) is 5.37. The summed E-state index contributed by atoms with van der Waals surface area (Å²) >= 11 is 0. The molecule has 3 amide bonds. The van der Waals surface area contributed by atoms with Gasteiger partial charge in [0.15, 0.2) is 0 Å². The summed E-state index contributed by atoms with van der Waals surface area (Å²) in [4.78, 5) is 74.7. The van der Waals surface area contributed by atoms with Crippen LogP contribution in [0.1, 0.15) is 18.4 Å². The number of nitrogens with zero attached hydrogens (tertiary/aromatic N) is 5. The van der Waals surface area contributed by atoms with Gasteiger partial charge >= 0.3 is 11.9 Å². The number of pyridine rings is 1. The Morgan fingerprint density at radius 1 is 0.977 bits per heavy atom. The molecule has 236 valence electrons. The molecule has 0 saturated carbocycles. The van der Waals surface area contributed by atoms with Crippen molar-refractivity contribution in [2.45, 2.75) is 31.5 Å². The van der Waals surface area contributed by atoms with Gasteiger partial charge in [0.1, 0.15) is 18.3 Å². The van der Waals surface area contributed by atoms with Crippen LogP contribution >= 0.6 is 0 Å². The molecule has 2 fully saturated rings. The van der Waals surface area contributed by atoms with Gasteiger partial charge in [-0.3, -0.25) is 29.0 Å². The van der Waals surface area contributed by atoms with Crippen LogP contribution in [0.4, 0.5) is 5.69 Å². The number of aliphatic carboxylic acids is 1. The summed E-state index contributed by atoms with van der Waals surface area (Å²) in [6.07, 6.45) is 2.83. The van der Waals surface area contributed by atoms with Gasteiger partial charge in [0, 0.05) is 63.9 Å². The number of benzene rings is 1. The summed E-state index contributed by atoms with van der Waals surface area (Å²) in [5.74, 6) is -2.66. The summed E-state index contributed by atoms with van der Waals surface area (Å²) < 4.78 is 9.97. The number of amides is 3. The zero-order valence-electron chi connectivity index (χ0n) is 24.9. The van der Waals surface area contributed by atoms with E-state index in [2.05, 4.69) is 15.2 Å². The molecule has 4 rings (SSSR count). The van der Waals surface area contributed by atoms with E-state index in [1.54, 1.807) is 36.5 Å². The van der Waals surface area contributed by atoms with Crippen LogP contribution in [0.2, 0.25) is 0 Å². The number of esters is 1. The number of anilines is 1. The molecule has 2 atom stereocenters. The number of hydrogen-bond donors (Lipinski definition) is 2. The third-order valence-electron chi connectivity index (χ3n) is 7.83. The second-order valence-electron chi connectivity index (χ2n) is 10.5. The number of hydrogen-bond acceptors (Lipinski definition) is 10. The average molecular weight is 611 g/mol. The van der Waals surface area contributed by atoms with Crippen LogP contribution in [0.25, 0.3) is 0 Å². The Morgan fingerprint density at radius 2 is 1.66 bits per heavy atom. The Morgan fingerprint density at radius 3 is 2.27 bits per heavy atom. The van der Waals surface area contributed by atoms with E-state index in [0.29, 0.717) is 31.9 Å². The number of ether oxygens (including phenoxy) is 2. The van der Waals surface area contributed by atoms with Crippen LogP contribution < -0.4 is 15.0 Å². The van der Waals surface area contributed by atoms with Gasteiger partial charge in [0.05, 0.1) is 33.1 Å². The van der Waals surface area contributed by atoms with E-state index in [-0.39, 0.29) is 32.0 Å². The first-order valence-electron chi connectivity index (χ1n) is 14.4. The van der Waals surface area contributed by atoms with Crippen LogP contribution in [-0.4, -0.2) is 127 Å². The van der Waals surface area contributed by atoms with Gasteiger partial charge in [-0.1, -0.05) is 12.1 Å². The molecule has 0 unspecified atom stereocenters. The lowest BCUT2D eigenvalue weighted by atomic mass is 10.0. The van der Waals surface area contributed by atoms with Crippen molar-refractivity contribution in [2.75, 3.05) is 64.9 Å². The van der Waals surface area contributed by atoms with Crippen LogP contribution in [0.5, 0.6) is 5.75 Å². The van der Waals surface area contributed by atoms with Crippen molar-refractivity contribution in [1.82, 2.24) is 25.0 Å². The first-order chi connectivity index (χ1) is 21.2. The normalized spacial score (nSPS) is 17.7. The number of carbonyl (C=O) groups is 5. The maximum atomic E-state index is 14.0. The third-order valence-corrected chi connectivity index (χ3v) is 7.83. The Bertz CT molecular complexity index is 1320. The minimum absolute atomic E-state index is 0.000965. The third kappa shape index (κ3) is 8.22.